The molecule has 0 aliphatic carbocycles. The van der Waals surface area contributed by atoms with Gasteiger partial charge in [0.1, 0.15) is 6.04 Å². The highest BCUT2D eigenvalue weighted by molar-refractivity contribution is 6.13. The predicted octanol–water partition coefficient (Wildman–Crippen LogP) is -0.118. The molecule has 100 valence electrons. The minimum absolute atomic E-state index is 0.197. The van der Waals surface area contributed by atoms with E-state index < -0.39 is 23.8 Å². The van der Waals surface area contributed by atoms with Crippen LogP contribution >= 0.6 is 0 Å². The number of methoxy groups -OCH3 is 1. The van der Waals surface area contributed by atoms with Crippen LogP contribution in [0.3, 0.4) is 0 Å². The summed E-state index contributed by atoms with van der Waals surface area (Å²) in [5.74, 6) is -1.57. The first kappa shape index (κ1) is 12.9. The highest BCUT2D eigenvalue weighted by Gasteiger charge is 2.30. The zero-order valence-corrected chi connectivity index (χ0v) is 10.2. The van der Waals surface area contributed by atoms with Crippen molar-refractivity contribution in [1.29, 1.82) is 0 Å². The van der Waals surface area contributed by atoms with Gasteiger partial charge in [-0.2, -0.15) is 0 Å². The normalized spacial score (nSPS) is 17.8. The lowest BCUT2D eigenvalue weighted by Gasteiger charge is -2.12. The molecule has 0 bridgehead atoms. The number of nitrogens with two attached hydrogens (primary N) is 1. The summed E-state index contributed by atoms with van der Waals surface area (Å²) >= 11 is 0. The lowest BCUT2D eigenvalue weighted by Crippen LogP contribution is -2.42. The van der Waals surface area contributed by atoms with Crippen molar-refractivity contribution in [2.45, 2.75) is 12.5 Å². The second-order valence-electron chi connectivity index (χ2n) is 4.07. The molecule has 2 amide bonds. The Balaban J connectivity index is 2.31. The number of hydrogen-bond donors (Lipinski definition) is 3. The van der Waals surface area contributed by atoms with Gasteiger partial charge in [-0.1, -0.05) is 6.07 Å². The Morgan fingerprint density at radius 2 is 2.16 bits per heavy atom. The number of nitrogens with one attached hydrogen (secondary N) is 2. The molecule has 1 aliphatic rings. The largest absolute Gasteiger partial charge is 0.469 e. The number of esters is 1. The number of carbonyl (C=O) groups excluding carboxylic acids is 3. The summed E-state index contributed by atoms with van der Waals surface area (Å²) in [7, 11) is 1.21. The highest BCUT2D eigenvalue weighted by Crippen LogP contribution is 2.24. The van der Waals surface area contributed by atoms with Crippen molar-refractivity contribution >= 4 is 29.2 Å². The standard InChI is InChI=1S/C12H13N3O4/c1-19-9(16)5-8-11(17)14-7-4-2-3-6(13)10(7)12(18)15-8/h2-4,8H,5,13H2,1H3,(H,14,17)(H,15,18). The van der Waals surface area contributed by atoms with Crippen LogP contribution in [0.5, 0.6) is 0 Å². The van der Waals surface area contributed by atoms with Crippen molar-refractivity contribution in [1.82, 2.24) is 5.32 Å². The van der Waals surface area contributed by atoms with Crippen molar-refractivity contribution in [3.8, 4) is 0 Å². The van der Waals surface area contributed by atoms with E-state index in [4.69, 9.17) is 5.73 Å². The van der Waals surface area contributed by atoms with Gasteiger partial charge in [-0.25, -0.2) is 0 Å². The number of benzene rings is 1. The van der Waals surface area contributed by atoms with Gasteiger partial charge in [0.2, 0.25) is 5.91 Å². The number of ether oxygens (including phenoxy) is 1. The van der Waals surface area contributed by atoms with E-state index in [2.05, 4.69) is 15.4 Å². The van der Waals surface area contributed by atoms with E-state index in [-0.39, 0.29) is 17.7 Å². The van der Waals surface area contributed by atoms with Gasteiger partial charge in [0, 0.05) is 5.69 Å². The van der Waals surface area contributed by atoms with Gasteiger partial charge in [0.05, 0.1) is 24.8 Å². The van der Waals surface area contributed by atoms with Crippen molar-refractivity contribution in [2.24, 2.45) is 0 Å². The van der Waals surface area contributed by atoms with E-state index in [1.54, 1.807) is 18.2 Å². The maximum atomic E-state index is 12.0. The fraction of sp³-hybridized carbons (Fsp3) is 0.250. The molecular weight excluding hydrogens is 250 g/mol. The summed E-state index contributed by atoms with van der Waals surface area (Å²) in [6.07, 6.45) is -0.234. The lowest BCUT2D eigenvalue weighted by atomic mass is 10.1. The van der Waals surface area contributed by atoms with E-state index in [0.717, 1.165) is 0 Å². The Labute approximate surface area is 109 Å². The molecular formula is C12H13N3O4. The summed E-state index contributed by atoms with van der Waals surface area (Å²) in [6.45, 7) is 0. The SMILES string of the molecule is COC(=O)CC1NC(=O)c2c(N)cccc2NC1=O. The number of amides is 2. The molecule has 0 saturated carbocycles. The Hall–Kier alpha value is -2.57. The van der Waals surface area contributed by atoms with Crippen LogP contribution in [-0.2, 0) is 14.3 Å². The van der Waals surface area contributed by atoms with Gasteiger partial charge < -0.3 is 21.1 Å². The number of carbonyl (C=O) groups is 3. The van der Waals surface area contributed by atoms with Gasteiger partial charge in [-0.05, 0) is 12.1 Å². The fourth-order valence-corrected chi connectivity index (χ4v) is 1.84. The van der Waals surface area contributed by atoms with Crippen LogP contribution in [0.25, 0.3) is 0 Å². The third-order valence-corrected chi connectivity index (χ3v) is 2.80. The topological polar surface area (TPSA) is 111 Å². The third kappa shape index (κ3) is 2.49. The fourth-order valence-electron chi connectivity index (χ4n) is 1.84. The molecule has 1 unspecified atom stereocenters. The molecule has 19 heavy (non-hydrogen) atoms. The van der Waals surface area contributed by atoms with Crippen molar-refractivity contribution in [3.63, 3.8) is 0 Å². The van der Waals surface area contributed by atoms with Crippen LogP contribution in [0.2, 0.25) is 0 Å². The Kier molecular flexibility index (Phi) is 3.37. The van der Waals surface area contributed by atoms with Gasteiger partial charge in [0.15, 0.2) is 0 Å². The zero-order chi connectivity index (χ0) is 14.0. The number of rotatable bonds is 2. The molecule has 4 N–H and O–H groups in total. The second kappa shape index (κ2) is 4.97. The molecule has 2 rings (SSSR count). The summed E-state index contributed by atoms with van der Waals surface area (Å²) < 4.78 is 4.48. The van der Waals surface area contributed by atoms with E-state index in [1.165, 1.54) is 7.11 Å². The average Bonchev–Trinajstić information content (AvgIpc) is 2.48. The Morgan fingerprint density at radius 1 is 1.42 bits per heavy atom. The van der Waals surface area contributed by atoms with Crippen molar-refractivity contribution in [3.05, 3.63) is 23.8 Å². The smallest absolute Gasteiger partial charge is 0.308 e. The van der Waals surface area contributed by atoms with Crippen LogP contribution in [-0.4, -0.2) is 30.9 Å². The van der Waals surface area contributed by atoms with Gasteiger partial charge in [0.25, 0.3) is 5.91 Å². The first-order chi connectivity index (χ1) is 9.02. The molecule has 0 radical (unpaired) electrons. The van der Waals surface area contributed by atoms with Crippen LogP contribution < -0.4 is 16.4 Å². The average molecular weight is 263 g/mol. The number of nitrogen functional groups attached to an aromatic ring is 1. The van der Waals surface area contributed by atoms with Crippen LogP contribution in [0.1, 0.15) is 16.8 Å². The molecule has 0 aromatic heterocycles. The first-order valence-corrected chi connectivity index (χ1v) is 5.60. The summed E-state index contributed by atoms with van der Waals surface area (Å²) in [5.41, 5.74) is 6.50. The summed E-state index contributed by atoms with van der Waals surface area (Å²) in [6, 6.07) is 3.78. The molecule has 1 atom stereocenters. The molecule has 0 spiro atoms. The first-order valence-electron chi connectivity index (χ1n) is 5.60. The maximum Gasteiger partial charge on any atom is 0.308 e. The summed E-state index contributed by atoms with van der Waals surface area (Å²) in [4.78, 5) is 35.1. The van der Waals surface area contributed by atoms with E-state index in [1.807, 2.05) is 0 Å². The van der Waals surface area contributed by atoms with Crippen molar-refractivity contribution < 1.29 is 19.1 Å². The molecule has 1 aromatic carbocycles. The van der Waals surface area contributed by atoms with Crippen LogP contribution in [0, 0.1) is 0 Å². The van der Waals surface area contributed by atoms with E-state index in [0.29, 0.717) is 5.69 Å². The monoisotopic (exact) mass is 263 g/mol. The highest BCUT2D eigenvalue weighted by atomic mass is 16.5. The van der Waals surface area contributed by atoms with E-state index >= 15 is 0 Å². The molecule has 0 saturated heterocycles. The summed E-state index contributed by atoms with van der Waals surface area (Å²) in [5, 5.41) is 5.02. The van der Waals surface area contributed by atoms with Crippen molar-refractivity contribution in [2.75, 3.05) is 18.2 Å². The zero-order valence-electron chi connectivity index (χ0n) is 10.2. The Bertz CT molecular complexity index is 556. The quantitative estimate of drug-likeness (QED) is 0.509. The maximum absolute atomic E-state index is 12.0. The third-order valence-electron chi connectivity index (χ3n) is 2.80. The van der Waals surface area contributed by atoms with Crippen LogP contribution in [0.15, 0.2) is 18.2 Å². The van der Waals surface area contributed by atoms with E-state index in [9.17, 15) is 14.4 Å². The van der Waals surface area contributed by atoms with Gasteiger partial charge >= 0.3 is 5.97 Å². The number of fused-ring (bicyclic) bond motifs is 1. The Morgan fingerprint density at radius 3 is 2.84 bits per heavy atom. The minimum atomic E-state index is -0.980. The minimum Gasteiger partial charge on any atom is -0.469 e. The molecule has 0 fully saturated rings. The molecule has 7 nitrogen and oxygen atoms in total. The predicted molar refractivity (Wildman–Crippen MR) is 67.4 cm³/mol. The lowest BCUT2D eigenvalue weighted by molar-refractivity contribution is -0.142. The number of anilines is 2. The molecule has 7 heteroatoms. The molecule has 1 aromatic rings. The van der Waals surface area contributed by atoms with Crippen LogP contribution in [0.4, 0.5) is 11.4 Å². The van der Waals surface area contributed by atoms with Gasteiger partial charge in [-0.3, -0.25) is 14.4 Å². The second-order valence-corrected chi connectivity index (χ2v) is 4.07. The molecule has 1 aliphatic heterocycles. The number of hydrogen-bond acceptors (Lipinski definition) is 5. The molecule has 1 heterocycles. The van der Waals surface area contributed by atoms with Gasteiger partial charge in [-0.15, -0.1) is 0 Å².